The summed E-state index contributed by atoms with van der Waals surface area (Å²) in [5.41, 5.74) is 5.49. The van der Waals surface area contributed by atoms with Gasteiger partial charge in [0.25, 0.3) is 15.9 Å². The van der Waals surface area contributed by atoms with Gasteiger partial charge in [0, 0.05) is 4.88 Å². The lowest BCUT2D eigenvalue weighted by Gasteiger charge is -2.08. The van der Waals surface area contributed by atoms with Gasteiger partial charge in [-0.15, -0.1) is 11.3 Å². The number of carbonyl (C=O) groups is 1. The van der Waals surface area contributed by atoms with Crippen molar-refractivity contribution >= 4 is 32.3 Å². The molecule has 124 valence electrons. The van der Waals surface area contributed by atoms with Crippen LogP contribution in [0.2, 0.25) is 0 Å². The summed E-state index contributed by atoms with van der Waals surface area (Å²) >= 11 is 1.20. The molecule has 0 unspecified atom stereocenters. The Hall–Kier alpha value is -2.06. The minimum Gasteiger partial charge on any atom is -0.494 e. The summed E-state index contributed by atoms with van der Waals surface area (Å²) in [7, 11) is -3.80. The van der Waals surface area contributed by atoms with E-state index in [9.17, 15) is 13.2 Å². The number of aryl methyl sites for hydroxylation is 1. The van der Waals surface area contributed by atoms with Crippen molar-refractivity contribution in [2.75, 3.05) is 11.3 Å². The van der Waals surface area contributed by atoms with Crippen molar-refractivity contribution in [3.63, 3.8) is 0 Å². The smallest absolute Gasteiger partial charge is 0.262 e. The number of carbonyl (C=O) groups excluding carboxylic acids is 1. The molecule has 0 spiro atoms. The third-order valence-corrected chi connectivity index (χ3v) is 5.76. The van der Waals surface area contributed by atoms with Crippen LogP contribution in [0.5, 0.6) is 5.75 Å². The number of amides is 1. The topological polar surface area (TPSA) is 98.5 Å². The Bertz CT molecular complexity index is 795. The highest BCUT2D eigenvalue weighted by atomic mass is 32.2. The second kappa shape index (κ2) is 7.01. The summed E-state index contributed by atoms with van der Waals surface area (Å²) in [5.74, 6) is -0.0704. The summed E-state index contributed by atoms with van der Waals surface area (Å²) in [6.07, 6.45) is 0.690. The second-order valence-corrected chi connectivity index (χ2v) is 7.50. The maximum Gasteiger partial charge on any atom is 0.262 e. The fraction of sp³-hybridized carbons (Fsp3) is 0.267. The van der Waals surface area contributed by atoms with E-state index in [1.54, 1.807) is 18.2 Å². The van der Waals surface area contributed by atoms with Gasteiger partial charge in [-0.3, -0.25) is 9.52 Å². The Morgan fingerprint density at radius 1 is 1.26 bits per heavy atom. The lowest BCUT2D eigenvalue weighted by atomic mass is 10.2. The van der Waals surface area contributed by atoms with Gasteiger partial charge in [-0.1, -0.05) is 6.92 Å². The Morgan fingerprint density at radius 3 is 2.43 bits per heavy atom. The van der Waals surface area contributed by atoms with E-state index in [1.807, 2.05) is 13.8 Å². The molecule has 0 atom stereocenters. The fourth-order valence-corrected chi connectivity index (χ4v) is 4.25. The molecular weight excluding hydrogens is 336 g/mol. The predicted molar refractivity (Wildman–Crippen MR) is 90.6 cm³/mol. The van der Waals surface area contributed by atoms with E-state index in [1.165, 1.54) is 23.5 Å². The number of nitrogens with one attached hydrogen (secondary N) is 1. The Labute approximate surface area is 139 Å². The van der Waals surface area contributed by atoms with Gasteiger partial charge in [-0.25, -0.2) is 8.42 Å². The molecule has 0 aliphatic rings. The number of nitrogens with two attached hydrogens (primary N) is 1. The van der Waals surface area contributed by atoms with Crippen molar-refractivity contribution in [3.05, 3.63) is 40.8 Å². The molecule has 0 fully saturated rings. The number of ether oxygens (including phenoxy) is 1. The molecule has 0 bridgehead atoms. The Kier molecular flexibility index (Phi) is 5.27. The lowest BCUT2D eigenvalue weighted by Crippen LogP contribution is -2.17. The van der Waals surface area contributed by atoms with Crippen LogP contribution in [-0.2, 0) is 16.4 Å². The van der Waals surface area contributed by atoms with Crippen LogP contribution < -0.4 is 15.2 Å². The minimum atomic E-state index is -3.80. The van der Waals surface area contributed by atoms with Crippen LogP contribution in [0.1, 0.15) is 29.1 Å². The molecule has 0 aliphatic heterocycles. The molecule has 2 aromatic rings. The summed E-state index contributed by atoms with van der Waals surface area (Å²) in [6.45, 7) is 4.27. The molecule has 8 heteroatoms. The standard InChI is InChI=1S/C15H18N2O4S2/c1-3-11-9-13(14(16)18)15(22-11)17-23(19,20)12-7-5-10(6-8-12)21-4-2/h5-9,17H,3-4H2,1-2H3,(H2,16,18). The van der Waals surface area contributed by atoms with Crippen molar-refractivity contribution < 1.29 is 17.9 Å². The fourth-order valence-electron chi connectivity index (χ4n) is 1.94. The van der Waals surface area contributed by atoms with Gasteiger partial charge in [-0.2, -0.15) is 0 Å². The zero-order chi connectivity index (χ0) is 17.0. The number of sulfonamides is 1. The summed E-state index contributed by atoms with van der Waals surface area (Å²) < 4.78 is 32.6. The average molecular weight is 354 g/mol. The van der Waals surface area contributed by atoms with Gasteiger partial charge < -0.3 is 10.5 Å². The van der Waals surface area contributed by atoms with Gasteiger partial charge in [0.05, 0.1) is 17.1 Å². The maximum atomic E-state index is 12.4. The number of thiophene rings is 1. The molecule has 6 nitrogen and oxygen atoms in total. The van der Waals surface area contributed by atoms with E-state index in [0.717, 1.165) is 4.88 Å². The van der Waals surface area contributed by atoms with Crippen molar-refractivity contribution in [1.29, 1.82) is 0 Å². The third kappa shape index (κ3) is 4.02. The van der Waals surface area contributed by atoms with E-state index < -0.39 is 15.9 Å². The zero-order valence-corrected chi connectivity index (χ0v) is 14.5. The van der Waals surface area contributed by atoms with Crippen LogP contribution in [0.4, 0.5) is 5.00 Å². The van der Waals surface area contributed by atoms with Crippen LogP contribution in [0.15, 0.2) is 35.2 Å². The van der Waals surface area contributed by atoms with Gasteiger partial charge in [0.1, 0.15) is 10.8 Å². The van der Waals surface area contributed by atoms with E-state index >= 15 is 0 Å². The first-order valence-corrected chi connectivity index (χ1v) is 9.35. The van der Waals surface area contributed by atoms with E-state index in [4.69, 9.17) is 10.5 Å². The minimum absolute atomic E-state index is 0.0859. The van der Waals surface area contributed by atoms with Crippen LogP contribution in [-0.4, -0.2) is 20.9 Å². The second-order valence-electron chi connectivity index (χ2n) is 4.68. The molecule has 0 radical (unpaired) electrons. The number of primary amides is 1. The van der Waals surface area contributed by atoms with Crippen molar-refractivity contribution in [2.45, 2.75) is 25.2 Å². The first kappa shape index (κ1) is 17.3. The van der Waals surface area contributed by atoms with Crippen LogP contribution >= 0.6 is 11.3 Å². The summed E-state index contributed by atoms with van der Waals surface area (Å²) in [4.78, 5) is 12.4. The number of hydrogen-bond donors (Lipinski definition) is 2. The molecule has 0 aliphatic carbocycles. The monoisotopic (exact) mass is 354 g/mol. The highest BCUT2D eigenvalue weighted by Crippen LogP contribution is 2.30. The number of benzene rings is 1. The molecular formula is C15H18N2O4S2. The highest BCUT2D eigenvalue weighted by molar-refractivity contribution is 7.93. The third-order valence-electron chi connectivity index (χ3n) is 3.07. The molecule has 1 heterocycles. The van der Waals surface area contributed by atoms with E-state index in [-0.39, 0.29) is 15.5 Å². The highest BCUT2D eigenvalue weighted by Gasteiger charge is 2.20. The van der Waals surface area contributed by atoms with Crippen molar-refractivity contribution in [1.82, 2.24) is 0 Å². The molecule has 1 aromatic carbocycles. The number of rotatable bonds is 7. The molecule has 2 rings (SSSR count). The molecule has 0 saturated heterocycles. The maximum absolute atomic E-state index is 12.4. The summed E-state index contributed by atoms with van der Waals surface area (Å²) in [6, 6.07) is 7.68. The van der Waals surface area contributed by atoms with Gasteiger partial charge in [-0.05, 0) is 43.7 Å². The van der Waals surface area contributed by atoms with Crippen molar-refractivity contribution in [2.24, 2.45) is 5.73 Å². The molecule has 23 heavy (non-hydrogen) atoms. The largest absolute Gasteiger partial charge is 0.494 e. The van der Waals surface area contributed by atoms with Crippen molar-refractivity contribution in [3.8, 4) is 5.75 Å². The molecule has 1 amide bonds. The van der Waals surface area contributed by atoms with Gasteiger partial charge in [0.2, 0.25) is 0 Å². The molecule has 1 aromatic heterocycles. The molecule has 0 saturated carbocycles. The predicted octanol–water partition coefficient (Wildman–Crippen LogP) is 2.61. The Balaban J connectivity index is 2.31. The molecule has 3 N–H and O–H groups in total. The number of anilines is 1. The SMILES string of the molecule is CCOc1ccc(S(=O)(=O)Nc2sc(CC)cc2C(N)=O)cc1. The lowest BCUT2D eigenvalue weighted by molar-refractivity contribution is 0.100. The first-order chi connectivity index (χ1) is 10.9. The first-order valence-electron chi connectivity index (χ1n) is 7.05. The van der Waals surface area contributed by atoms with E-state index in [2.05, 4.69) is 4.72 Å². The van der Waals surface area contributed by atoms with Crippen LogP contribution in [0, 0.1) is 0 Å². The summed E-state index contributed by atoms with van der Waals surface area (Å²) in [5, 5.41) is 0.239. The van der Waals surface area contributed by atoms with Gasteiger partial charge in [0.15, 0.2) is 0 Å². The van der Waals surface area contributed by atoms with Crippen LogP contribution in [0.3, 0.4) is 0 Å². The Morgan fingerprint density at radius 2 is 1.91 bits per heavy atom. The van der Waals surface area contributed by atoms with E-state index in [0.29, 0.717) is 18.8 Å². The van der Waals surface area contributed by atoms with Gasteiger partial charge >= 0.3 is 0 Å². The van der Waals surface area contributed by atoms with Crippen LogP contribution in [0.25, 0.3) is 0 Å². The zero-order valence-electron chi connectivity index (χ0n) is 12.8. The quantitative estimate of drug-likeness (QED) is 0.798. The number of hydrogen-bond acceptors (Lipinski definition) is 5. The normalized spacial score (nSPS) is 11.2. The average Bonchev–Trinajstić information content (AvgIpc) is 2.90.